The molecule has 2 aromatic rings. The lowest BCUT2D eigenvalue weighted by Gasteiger charge is -2.46. The summed E-state index contributed by atoms with van der Waals surface area (Å²) in [5, 5.41) is 0.647. The van der Waals surface area contributed by atoms with Gasteiger partial charge in [-0.1, -0.05) is 29.8 Å². The van der Waals surface area contributed by atoms with Gasteiger partial charge < -0.3 is 14.4 Å². The molecule has 25 heavy (non-hydrogen) atoms. The van der Waals surface area contributed by atoms with Crippen LogP contribution in [-0.4, -0.2) is 19.4 Å². The van der Waals surface area contributed by atoms with Crippen molar-refractivity contribution in [2.24, 2.45) is 0 Å². The number of benzene rings is 2. The van der Waals surface area contributed by atoms with E-state index >= 15 is 0 Å². The Balaban J connectivity index is 1.89. The second-order valence-corrected chi connectivity index (χ2v) is 7.52. The van der Waals surface area contributed by atoms with Gasteiger partial charge in [0.1, 0.15) is 0 Å². The van der Waals surface area contributed by atoms with Crippen LogP contribution < -0.4 is 14.4 Å². The molecule has 1 unspecified atom stereocenters. The lowest BCUT2D eigenvalue weighted by molar-refractivity contribution is 0.0545. The molecule has 0 fully saturated rings. The van der Waals surface area contributed by atoms with Crippen LogP contribution in [0.2, 0.25) is 5.02 Å². The van der Waals surface area contributed by atoms with Gasteiger partial charge in [0.05, 0.1) is 12.0 Å². The van der Waals surface area contributed by atoms with Gasteiger partial charge in [-0.3, -0.25) is 0 Å². The predicted molar refractivity (Wildman–Crippen MR) is 103 cm³/mol. The summed E-state index contributed by atoms with van der Waals surface area (Å²) < 4.78 is 12.5. The number of halogens is 1. The van der Waals surface area contributed by atoms with E-state index in [4.69, 9.17) is 21.1 Å². The fourth-order valence-corrected chi connectivity index (χ4v) is 4.30. The molecule has 0 saturated heterocycles. The Morgan fingerprint density at radius 1 is 1.20 bits per heavy atom. The van der Waals surface area contributed by atoms with Crippen molar-refractivity contribution in [3.8, 4) is 11.5 Å². The van der Waals surface area contributed by atoms with Crippen LogP contribution in [0.15, 0.2) is 42.5 Å². The minimum atomic E-state index is -0.608. The summed E-state index contributed by atoms with van der Waals surface area (Å²) in [4.78, 5) is 2.21. The van der Waals surface area contributed by atoms with Crippen molar-refractivity contribution in [2.75, 3.05) is 18.6 Å². The topological polar surface area (TPSA) is 21.7 Å². The molecule has 2 aliphatic rings. The maximum absolute atomic E-state index is 6.68. The zero-order valence-electron chi connectivity index (χ0n) is 15.0. The normalized spacial score (nSPS) is 22.5. The molecule has 2 aliphatic heterocycles. The second kappa shape index (κ2) is 5.43. The molecule has 130 valence electrons. The van der Waals surface area contributed by atoms with Gasteiger partial charge in [0.2, 0.25) is 5.72 Å². The average molecular weight is 356 g/mol. The van der Waals surface area contributed by atoms with Gasteiger partial charge in [-0.15, -0.1) is 0 Å². The van der Waals surface area contributed by atoms with Gasteiger partial charge in [-0.05, 0) is 50.6 Å². The van der Waals surface area contributed by atoms with Crippen LogP contribution >= 0.6 is 11.6 Å². The number of hydrogen-bond acceptors (Lipinski definition) is 3. The van der Waals surface area contributed by atoms with Crippen LogP contribution in [0.25, 0.3) is 6.08 Å². The summed E-state index contributed by atoms with van der Waals surface area (Å²) in [6.45, 7) is 6.97. The smallest absolute Gasteiger partial charge is 0.212 e. The van der Waals surface area contributed by atoms with Crippen LogP contribution in [0, 0.1) is 0 Å². The molecule has 0 aliphatic carbocycles. The third-order valence-electron chi connectivity index (χ3n) is 5.43. The fraction of sp³-hybridized carbons (Fsp3) is 0.333. The minimum absolute atomic E-state index is 0.227. The lowest BCUT2D eigenvalue weighted by atomic mass is 9.76. The highest BCUT2D eigenvalue weighted by Gasteiger charge is 2.57. The summed E-state index contributed by atoms with van der Waals surface area (Å²) in [5.41, 5.74) is 2.57. The quantitative estimate of drug-likeness (QED) is 0.732. The van der Waals surface area contributed by atoms with Crippen molar-refractivity contribution >= 4 is 23.4 Å². The molecule has 0 N–H and O–H groups in total. The van der Waals surface area contributed by atoms with E-state index in [2.05, 4.69) is 62.2 Å². The molecule has 0 radical (unpaired) electrons. The van der Waals surface area contributed by atoms with E-state index in [0.717, 1.165) is 11.3 Å². The van der Waals surface area contributed by atoms with Crippen LogP contribution in [0.5, 0.6) is 11.5 Å². The van der Waals surface area contributed by atoms with E-state index < -0.39 is 5.72 Å². The third kappa shape index (κ3) is 2.12. The first-order valence-electron chi connectivity index (χ1n) is 8.58. The average Bonchev–Trinajstić information content (AvgIpc) is 2.75. The number of nitrogens with zero attached hydrogens (tertiary/aromatic N) is 1. The van der Waals surface area contributed by atoms with Crippen molar-refractivity contribution in [3.05, 3.63) is 58.6 Å². The van der Waals surface area contributed by atoms with E-state index in [0.29, 0.717) is 17.4 Å². The zero-order chi connectivity index (χ0) is 17.8. The molecule has 0 amide bonds. The highest BCUT2D eigenvalue weighted by molar-refractivity contribution is 6.31. The highest BCUT2D eigenvalue weighted by atomic mass is 35.5. The summed E-state index contributed by atoms with van der Waals surface area (Å²) in [6.07, 6.45) is 4.23. The standard InChI is InChI=1S/C21H22ClNO2/c1-5-24-18-13-15(22)12-14-10-11-21(25-19(14)18)20(2,3)16-8-6-7-9-17(16)23(21)4/h6-13H,5H2,1-4H3. The summed E-state index contributed by atoms with van der Waals surface area (Å²) in [7, 11) is 2.08. The molecule has 2 aromatic carbocycles. The molecule has 4 rings (SSSR count). The number of anilines is 1. The lowest BCUT2D eigenvalue weighted by Crippen LogP contribution is -2.58. The number of ether oxygens (including phenoxy) is 2. The molecule has 1 atom stereocenters. The Hall–Kier alpha value is -2.13. The van der Waals surface area contributed by atoms with Crippen LogP contribution in [0.1, 0.15) is 31.9 Å². The predicted octanol–water partition coefficient (Wildman–Crippen LogP) is 5.27. The van der Waals surface area contributed by atoms with Gasteiger partial charge in [0.25, 0.3) is 0 Å². The highest BCUT2D eigenvalue weighted by Crippen LogP contribution is 2.55. The molecule has 0 saturated carbocycles. The summed E-state index contributed by atoms with van der Waals surface area (Å²) >= 11 is 6.25. The maximum atomic E-state index is 6.68. The van der Waals surface area contributed by atoms with Gasteiger partial charge in [-0.25, -0.2) is 0 Å². The van der Waals surface area contributed by atoms with E-state index in [-0.39, 0.29) is 5.41 Å². The molecule has 2 heterocycles. The molecular formula is C21H22ClNO2. The number of likely N-dealkylation sites (N-methyl/N-ethyl adjacent to an activating group) is 1. The summed E-state index contributed by atoms with van der Waals surface area (Å²) in [5.74, 6) is 1.44. The summed E-state index contributed by atoms with van der Waals surface area (Å²) in [6, 6.07) is 12.2. The maximum Gasteiger partial charge on any atom is 0.212 e. The Labute approximate surface area is 153 Å². The monoisotopic (exact) mass is 355 g/mol. The van der Waals surface area contributed by atoms with Crippen molar-refractivity contribution < 1.29 is 9.47 Å². The Kier molecular flexibility index (Phi) is 3.55. The van der Waals surface area contributed by atoms with Crippen LogP contribution in [-0.2, 0) is 5.41 Å². The molecule has 4 heteroatoms. The fourth-order valence-electron chi connectivity index (χ4n) is 4.08. The Morgan fingerprint density at radius 3 is 2.68 bits per heavy atom. The second-order valence-electron chi connectivity index (χ2n) is 7.09. The van der Waals surface area contributed by atoms with E-state index in [1.807, 2.05) is 19.1 Å². The Bertz CT molecular complexity index is 874. The number of para-hydroxylation sites is 1. The first-order chi connectivity index (χ1) is 11.9. The largest absolute Gasteiger partial charge is 0.490 e. The minimum Gasteiger partial charge on any atom is -0.490 e. The van der Waals surface area contributed by atoms with E-state index in [1.165, 1.54) is 11.3 Å². The molecule has 0 bridgehead atoms. The van der Waals surface area contributed by atoms with Gasteiger partial charge >= 0.3 is 0 Å². The molecule has 3 nitrogen and oxygen atoms in total. The van der Waals surface area contributed by atoms with Gasteiger partial charge in [0.15, 0.2) is 11.5 Å². The SMILES string of the molecule is CCOc1cc(Cl)cc2c1OC1(C=C2)N(C)c2ccccc2C1(C)C. The molecular weight excluding hydrogens is 334 g/mol. The molecule has 1 spiro atoms. The van der Waals surface area contributed by atoms with Gasteiger partial charge in [0, 0.05) is 29.4 Å². The van der Waals surface area contributed by atoms with Crippen molar-refractivity contribution in [1.29, 1.82) is 0 Å². The number of fused-ring (bicyclic) bond motifs is 2. The third-order valence-corrected chi connectivity index (χ3v) is 5.65. The number of hydrogen-bond donors (Lipinski definition) is 0. The van der Waals surface area contributed by atoms with E-state index in [1.54, 1.807) is 0 Å². The van der Waals surface area contributed by atoms with Crippen molar-refractivity contribution in [3.63, 3.8) is 0 Å². The zero-order valence-corrected chi connectivity index (χ0v) is 15.7. The van der Waals surface area contributed by atoms with E-state index in [9.17, 15) is 0 Å². The number of rotatable bonds is 2. The van der Waals surface area contributed by atoms with Crippen molar-refractivity contribution in [1.82, 2.24) is 0 Å². The first-order valence-corrected chi connectivity index (χ1v) is 8.96. The van der Waals surface area contributed by atoms with Crippen LogP contribution in [0.4, 0.5) is 5.69 Å². The molecule has 0 aromatic heterocycles. The first kappa shape index (κ1) is 16.3. The Morgan fingerprint density at radius 2 is 1.96 bits per heavy atom. The van der Waals surface area contributed by atoms with Crippen molar-refractivity contribution in [2.45, 2.75) is 31.9 Å². The van der Waals surface area contributed by atoms with Gasteiger partial charge in [-0.2, -0.15) is 0 Å². The van der Waals surface area contributed by atoms with Crippen LogP contribution in [0.3, 0.4) is 0 Å².